The monoisotopic (exact) mass is 451 g/mol. The quantitative estimate of drug-likeness (QED) is 0.279. The molecule has 0 radical (unpaired) electrons. The molecule has 4 rings (SSSR count). The summed E-state index contributed by atoms with van der Waals surface area (Å²) in [4.78, 5) is 26.7. The molecule has 2 heterocycles. The second-order valence-electron chi connectivity index (χ2n) is 6.73. The summed E-state index contributed by atoms with van der Waals surface area (Å²) in [6.45, 7) is 3.70. The van der Waals surface area contributed by atoms with Crippen LogP contribution in [0.4, 0.5) is 0 Å². The molecule has 0 aliphatic carbocycles. The summed E-state index contributed by atoms with van der Waals surface area (Å²) < 4.78 is 28.0. The smallest absolute Gasteiger partial charge is 0.268 e. The van der Waals surface area contributed by atoms with Gasteiger partial charge >= 0.3 is 0 Å². The Bertz CT molecular complexity index is 1370. The molecule has 1 aliphatic heterocycles. The van der Waals surface area contributed by atoms with Crippen LogP contribution in [0.1, 0.15) is 5.69 Å². The fourth-order valence-electron chi connectivity index (χ4n) is 3.35. The normalized spacial score (nSPS) is 16.1. The molecule has 1 aliphatic rings. The van der Waals surface area contributed by atoms with Crippen LogP contribution in [-0.2, 0) is 19.6 Å². The first kappa shape index (κ1) is 20.7. The number of fused-ring (bicyclic) bond motifs is 1. The summed E-state index contributed by atoms with van der Waals surface area (Å²) in [5.41, 5.74) is 0.387. The number of hydrogen-bond donors (Lipinski definition) is 1. The molecule has 7 nitrogen and oxygen atoms in total. The minimum absolute atomic E-state index is 0.0236. The van der Waals surface area contributed by atoms with Crippen molar-refractivity contribution in [1.82, 2.24) is 14.2 Å². The Balaban J connectivity index is 1.94. The molecule has 0 saturated carbocycles. The SMILES string of the molecule is C=CCN1C(=O)/C(=C/c2cc3ccccc3n2S(=O)(=O)c2ccccc2)C(=O)NC1=S. The number of amides is 2. The van der Waals surface area contributed by atoms with E-state index in [1.54, 1.807) is 48.5 Å². The number of aromatic nitrogens is 1. The van der Waals surface area contributed by atoms with Crippen LogP contribution in [0.25, 0.3) is 17.0 Å². The van der Waals surface area contributed by atoms with Crippen molar-refractivity contribution in [3.05, 3.63) is 84.6 Å². The number of nitrogens with zero attached hydrogens (tertiary/aromatic N) is 2. The van der Waals surface area contributed by atoms with Crippen LogP contribution in [0.2, 0.25) is 0 Å². The summed E-state index contributed by atoms with van der Waals surface area (Å²) in [5, 5.41) is 3.09. The van der Waals surface area contributed by atoms with Crippen LogP contribution in [0.3, 0.4) is 0 Å². The van der Waals surface area contributed by atoms with E-state index in [1.807, 2.05) is 0 Å². The van der Waals surface area contributed by atoms with E-state index >= 15 is 0 Å². The molecule has 1 fully saturated rings. The van der Waals surface area contributed by atoms with Crippen LogP contribution >= 0.6 is 12.2 Å². The second kappa shape index (κ2) is 7.93. The third kappa shape index (κ3) is 3.58. The topological polar surface area (TPSA) is 88.5 Å². The van der Waals surface area contributed by atoms with Gasteiger partial charge in [0, 0.05) is 11.9 Å². The van der Waals surface area contributed by atoms with E-state index in [0.29, 0.717) is 10.9 Å². The highest BCUT2D eigenvalue weighted by Gasteiger charge is 2.33. The lowest BCUT2D eigenvalue weighted by Crippen LogP contribution is -2.53. The minimum Gasteiger partial charge on any atom is -0.298 e. The maximum Gasteiger partial charge on any atom is 0.268 e. The van der Waals surface area contributed by atoms with Crippen molar-refractivity contribution in [3.63, 3.8) is 0 Å². The average molecular weight is 452 g/mol. The molecule has 1 saturated heterocycles. The highest BCUT2D eigenvalue weighted by molar-refractivity contribution is 7.90. The van der Waals surface area contributed by atoms with E-state index in [1.165, 1.54) is 29.2 Å². The molecule has 3 aromatic rings. The molecule has 0 unspecified atom stereocenters. The lowest BCUT2D eigenvalue weighted by atomic mass is 10.1. The van der Waals surface area contributed by atoms with Crippen molar-refractivity contribution < 1.29 is 18.0 Å². The van der Waals surface area contributed by atoms with Crippen LogP contribution in [0, 0.1) is 0 Å². The third-order valence-electron chi connectivity index (χ3n) is 4.76. The van der Waals surface area contributed by atoms with Crippen LogP contribution in [0.5, 0.6) is 0 Å². The molecule has 2 aromatic carbocycles. The fraction of sp³-hybridized carbons (Fsp3) is 0.0455. The summed E-state index contributed by atoms with van der Waals surface area (Å²) in [5.74, 6) is -1.31. The maximum absolute atomic E-state index is 13.5. The van der Waals surface area contributed by atoms with E-state index in [-0.39, 0.29) is 27.8 Å². The van der Waals surface area contributed by atoms with E-state index < -0.39 is 21.8 Å². The predicted molar refractivity (Wildman–Crippen MR) is 122 cm³/mol. The molecule has 0 atom stereocenters. The van der Waals surface area contributed by atoms with Gasteiger partial charge in [-0.2, -0.15) is 0 Å². The fourth-order valence-corrected chi connectivity index (χ4v) is 5.12. The van der Waals surface area contributed by atoms with E-state index in [9.17, 15) is 18.0 Å². The minimum atomic E-state index is -4.00. The van der Waals surface area contributed by atoms with Gasteiger partial charge in [0.05, 0.1) is 16.1 Å². The predicted octanol–water partition coefficient (Wildman–Crippen LogP) is 2.69. The molecule has 1 aromatic heterocycles. The van der Waals surface area contributed by atoms with Crippen molar-refractivity contribution in [2.45, 2.75) is 4.90 Å². The Labute approximate surface area is 184 Å². The maximum atomic E-state index is 13.5. The van der Waals surface area contributed by atoms with Crippen molar-refractivity contribution >= 4 is 56.1 Å². The van der Waals surface area contributed by atoms with Gasteiger partial charge in [-0.15, -0.1) is 6.58 Å². The highest BCUT2D eigenvalue weighted by atomic mass is 32.2. The number of rotatable bonds is 5. The number of thiocarbonyl (C=S) groups is 1. The molecular formula is C22H17N3O4S2. The van der Waals surface area contributed by atoms with Crippen LogP contribution < -0.4 is 5.32 Å². The Hall–Kier alpha value is -3.56. The number of carbonyl (C=O) groups is 2. The molecule has 1 N–H and O–H groups in total. The summed E-state index contributed by atoms with van der Waals surface area (Å²) >= 11 is 5.06. The Morgan fingerprint density at radius 1 is 1.03 bits per heavy atom. The Morgan fingerprint density at radius 2 is 1.71 bits per heavy atom. The number of hydrogen-bond acceptors (Lipinski definition) is 5. The number of benzene rings is 2. The molecule has 156 valence electrons. The van der Waals surface area contributed by atoms with E-state index in [2.05, 4.69) is 11.9 Å². The zero-order valence-electron chi connectivity index (χ0n) is 16.2. The van der Waals surface area contributed by atoms with Crippen LogP contribution in [-0.4, -0.2) is 40.8 Å². The first-order valence-corrected chi connectivity index (χ1v) is 11.1. The van der Waals surface area contributed by atoms with Crippen molar-refractivity contribution in [3.8, 4) is 0 Å². The zero-order chi connectivity index (χ0) is 22.2. The van der Waals surface area contributed by atoms with Gasteiger partial charge in [-0.05, 0) is 42.6 Å². The molecular weight excluding hydrogens is 434 g/mol. The van der Waals surface area contributed by atoms with Gasteiger partial charge in [0.2, 0.25) is 0 Å². The molecule has 0 spiro atoms. The third-order valence-corrected chi connectivity index (χ3v) is 6.84. The molecule has 31 heavy (non-hydrogen) atoms. The first-order chi connectivity index (χ1) is 14.8. The van der Waals surface area contributed by atoms with Gasteiger partial charge in [0.25, 0.3) is 21.8 Å². The van der Waals surface area contributed by atoms with Crippen LogP contribution in [0.15, 0.2) is 83.8 Å². The van der Waals surface area contributed by atoms with Crippen molar-refractivity contribution in [1.29, 1.82) is 0 Å². The lowest BCUT2D eigenvalue weighted by molar-refractivity contribution is -0.128. The molecule has 9 heteroatoms. The average Bonchev–Trinajstić information content (AvgIpc) is 3.13. The van der Waals surface area contributed by atoms with Gasteiger partial charge in [0.15, 0.2) is 5.11 Å². The lowest BCUT2D eigenvalue weighted by Gasteiger charge is -2.27. The van der Waals surface area contributed by atoms with E-state index in [0.717, 1.165) is 3.97 Å². The number of para-hydroxylation sites is 1. The largest absolute Gasteiger partial charge is 0.298 e. The van der Waals surface area contributed by atoms with Crippen molar-refractivity contribution in [2.75, 3.05) is 6.54 Å². The second-order valence-corrected chi connectivity index (χ2v) is 8.91. The summed E-state index contributed by atoms with van der Waals surface area (Å²) in [6.07, 6.45) is 2.76. The Kier molecular flexibility index (Phi) is 5.30. The Morgan fingerprint density at radius 3 is 2.42 bits per heavy atom. The van der Waals surface area contributed by atoms with Gasteiger partial charge < -0.3 is 0 Å². The van der Waals surface area contributed by atoms with Gasteiger partial charge in [-0.3, -0.25) is 19.8 Å². The number of carbonyl (C=O) groups excluding carboxylic acids is 2. The molecule has 2 amide bonds. The van der Waals surface area contributed by atoms with Gasteiger partial charge in [0.1, 0.15) is 5.57 Å². The number of nitrogens with one attached hydrogen (secondary N) is 1. The highest BCUT2D eigenvalue weighted by Crippen LogP contribution is 2.28. The first-order valence-electron chi connectivity index (χ1n) is 9.25. The van der Waals surface area contributed by atoms with E-state index in [4.69, 9.17) is 12.2 Å². The summed E-state index contributed by atoms with van der Waals surface area (Å²) in [7, 11) is -4.00. The molecule has 0 bridgehead atoms. The van der Waals surface area contributed by atoms with Crippen molar-refractivity contribution in [2.24, 2.45) is 0 Å². The standard InChI is InChI=1S/C22H17N3O4S2/c1-2-12-24-21(27)18(20(26)23-22(24)30)14-16-13-15-8-6-7-11-19(15)25(16)31(28,29)17-9-4-3-5-10-17/h2-11,13-14H,1,12H2,(H,23,26,30)/b18-14+. The van der Waals surface area contributed by atoms with Gasteiger partial charge in [-0.25, -0.2) is 12.4 Å². The van der Waals surface area contributed by atoms with Gasteiger partial charge in [-0.1, -0.05) is 42.5 Å². The summed E-state index contributed by atoms with van der Waals surface area (Å²) in [6, 6.07) is 16.5. The zero-order valence-corrected chi connectivity index (χ0v) is 17.8.